The summed E-state index contributed by atoms with van der Waals surface area (Å²) in [7, 11) is 0. The lowest BCUT2D eigenvalue weighted by atomic mass is 9.84. The van der Waals surface area contributed by atoms with Crippen molar-refractivity contribution in [1.82, 2.24) is 4.90 Å². The predicted molar refractivity (Wildman–Crippen MR) is 69.5 cm³/mol. The summed E-state index contributed by atoms with van der Waals surface area (Å²) in [5.41, 5.74) is 1.80. The van der Waals surface area contributed by atoms with Gasteiger partial charge in [-0.15, -0.1) is 0 Å². The van der Waals surface area contributed by atoms with Crippen LogP contribution in [0, 0.1) is 0 Å². The predicted octanol–water partition coefficient (Wildman–Crippen LogP) is 3.80. The number of likely N-dealkylation sites (tertiary alicyclic amines) is 1. The van der Waals surface area contributed by atoms with Gasteiger partial charge in [-0.25, -0.2) is 0 Å². The second kappa shape index (κ2) is 4.58. The number of benzene rings is 1. The lowest BCUT2D eigenvalue weighted by Crippen LogP contribution is -2.44. The molecule has 0 radical (unpaired) electrons. The minimum absolute atomic E-state index is 0.301. The van der Waals surface area contributed by atoms with Crippen LogP contribution >= 0.6 is 0 Å². The maximum Gasteiger partial charge on any atom is 0.0461 e. The molecule has 1 aliphatic heterocycles. The molecule has 2 rings (SSSR count). The second-order valence-corrected chi connectivity index (χ2v) is 5.14. The lowest BCUT2D eigenvalue weighted by Gasteiger charge is -2.41. The van der Waals surface area contributed by atoms with Crippen molar-refractivity contribution in [3.05, 3.63) is 35.9 Å². The maximum atomic E-state index is 2.68. The molecular formula is C15H23N. The normalized spacial score (nSPS) is 26.5. The number of hydrogen-bond acceptors (Lipinski definition) is 1. The average molecular weight is 217 g/mol. The van der Waals surface area contributed by atoms with Crippen molar-refractivity contribution in [2.45, 2.75) is 51.6 Å². The molecule has 1 atom stereocenters. The maximum absolute atomic E-state index is 2.68. The van der Waals surface area contributed by atoms with Gasteiger partial charge in [-0.05, 0) is 45.2 Å². The third-order valence-electron chi connectivity index (χ3n) is 4.06. The Hall–Kier alpha value is -0.820. The van der Waals surface area contributed by atoms with Gasteiger partial charge in [0.1, 0.15) is 0 Å². The number of nitrogens with zero attached hydrogens (tertiary/aromatic N) is 1. The van der Waals surface area contributed by atoms with Crippen molar-refractivity contribution in [2.75, 3.05) is 6.54 Å². The largest absolute Gasteiger partial charge is 0.291 e. The van der Waals surface area contributed by atoms with E-state index >= 15 is 0 Å². The van der Waals surface area contributed by atoms with E-state index in [0.717, 1.165) is 0 Å². The highest BCUT2D eigenvalue weighted by Crippen LogP contribution is 2.42. The molecular weight excluding hydrogens is 194 g/mol. The SMILES string of the molecule is CCC1(c2ccccc2)CCCN1C(C)C. The molecule has 1 aromatic rings. The van der Waals surface area contributed by atoms with Gasteiger partial charge in [0.05, 0.1) is 0 Å². The molecule has 1 unspecified atom stereocenters. The van der Waals surface area contributed by atoms with Crippen LogP contribution in [0.5, 0.6) is 0 Å². The molecule has 0 saturated carbocycles. The van der Waals surface area contributed by atoms with Crippen LogP contribution in [0.2, 0.25) is 0 Å². The van der Waals surface area contributed by atoms with Crippen LogP contribution in [0.15, 0.2) is 30.3 Å². The van der Waals surface area contributed by atoms with Crippen LogP contribution in [0.25, 0.3) is 0 Å². The van der Waals surface area contributed by atoms with Crippen LogP contribution in [-0.4, -0.2) is 17.5 Å². The van der Waals surface area contributed by atoms with Gasteiger partial charge in [0.2, 0.25) is 0 Å². The molecule has 0 N–H and O–H groups in total. The van der Waals surface area contributed by atoms with E-state index in [4.69, 9.17) is 0 Å². The molecule has 16 heavy (non-hydrogen) atoms. The zero-order valence-electron chi connectivity index (χ0n) is 10.7. The molecule has 1 aliphatic rings. The van der Waals surface area contributed by atoms with E-state index in [0.29, 0.717) is 11.6 Å². The molecule has 1 heteroatoms. The van der Waals surface area contributed by atoms with Crippen molar-refractivity contribution in [3.8, 4) is 0 Å². The Balaban J connectivity index is 2.39. The summed E-state index contributed by atoms with van der Waals surface area (Å²) in [6, 6.07) is 11.7. The summed E-state index contributed by atoms with van der Waals surface area (Å²) in [5.74, 6) is 0. The molecule has 0 aromatic heterocycles. The summed E-state index contributed by atoms with van der Waals surface area (Å²) in [5, 5.41) is 0. The van der Waals surface area contributed by atoms with E-state index in [2.05, 4.69) is 56.0 Å². The van der Waals surface area contributed by atoms with Gasteiger partial charge in [0.15, 0.2) is 0 Å². The van der Waals surface area contributed by atoms with Crippen molar-refractivity contribution >= 4 is 0 Å². The number of rotatable bonds is 3. The molecule has 1 nitrogen and oxygen atoms in total. The zero-order valence-corrected chi connectivity index (χ0v) is 10.7. The third-order valence-corrected chi connectivity index (χ3v) is 4.06. The van der Waals surface area contributed by atoms with Crippen molar-refractivity contribution < 1.29 is 0 Å². The molecule has 1 fully saturated rings. The third kappa shape index (κ3) is 1.78. The van der Waals surface area contributed by atoms with E-state index in [1.165, 1.54) is 31.4 Å². The average Bonchev–Trinajstić information content (AvgIpc) is 2.75. The minimum atomic E-state index is 0.301. The first kappa shape index (κ1) is 11.7. The summed E-state index contributed by atoms with van der Waals surface area (Å²) in [6.45, 7) is 8.21. The summed E-state index contributed by atoms with van der Waals surface area (Å²) >= 11 is 0. The fraction of sp³-hybridized carbons (Fsp3) is 0.600. The van der Waals surface area contributed by atoms with Crippen LogP contribution in [0.1, 0.15) is 45.6 Å². The molecule has 0 bridgehead atoms. The van der Waals surface area contributed by atoms with Gasteiger partial charge >= 0.3 is 0 Å². The van der Waals surface area contributed by atoms with E-state index < -0.39 is 0 Å². The molecule has 1 saturated heterocycles. The van der Waals surface area contributed by atoms with Gasteiger partial charge in [0.25, 0.3) is 0 Å². The van der Waals surface area contributed by atoms with Gasteiger partial charge in [-0.1, -0.05) is 37.3 Å². The molecule has 1 aromatic carbocycles. The van der Waals surface area contributed by atoms with E-state index in [1.807, 2.05) is 0 Å². The van der Waals surface area contributed by atoms with Crippen molar-refractivity contribution in [3.63, 3.8) is 0 Å². The molecule has 0 amide bonds. The van der Waals surface area contributed by atoms with Gasteiger partial charge in [-0.2, -0.15) is 0 Å². The van der Waals surface area contributed by atoms with E-state index in [-0.39, 0.29) is 0 Å². The topological polar surface area (TPSA) is 3.24 Å². The standard InChI is InChI=1S/C15H23N/c1-4-15(14-9-6-5-7-10-14)11-8-12-16(15)13(2)3/h5-7,9-10,13H,4,8,11-12H2,1-3H3. The Morgan fingerprint density at radius 2 is 1.94 bits per heavy atom. The highest BCUT2D eigenvalue weighted by Gasteiger charge is 2.41. The first-order chi connectivity index (χ1) is 7.70. The Morgan fingerprint density at radius 1 is 1.25 bits per heavy atom. The second-order valence-electron chi connectivity index (χ2n) is 5.14. The highest BCUT2D eigenvalue weighted by molar-refractivity contribution is 5.26. The summed E-state index contributed by atoms with van der Waals surface area (Å²) < 4.78 is 0. The van der Waals surface area contributed by atoms with Crippen LogP contribution < -0.4 is 0 Å². The molecule has 1 heterocycles. The van der Waals surface area contributed by atoms with Gasteiger partial charge in [0, 0.05) is 11.6 Å². The van der Waals surface area contributed by atoms with Crippen LogP contribution in [-0.2, 0) is 5.54 Å². The van der Waals surface area contributed by atoms with Crippen molar-refractivity contribution in [2.24, 2.45) is 0 Å². The highest BCUT2D eigenvalue weighted by atomic mass is 15.2. The Kier molecular flexibility index (Phi) is 3.34. The van der Waals surface area contributed by atoms with Crippen LogP contribution in [0.4, 0.5) is 0 Å². The summed E-state index contributed by atoms with van der Waals surface area (Å²) in [6.07, 6.45) is 3.86. The molecule has 0 aliphatic carbocycles. The van der Waals surface area contributed by atoms with Gasteiger partial charge in [-0.3, -0.25) is 4.90 Å². The first-order valence-electron chi connectivity index (χ1n) is 6.53. The van der Waals surface area contributed by atoms with E-state index in [9.17, 15) is 0 Å². The Labute approximate surface area is 99.5 Å². The minimum Gasteiger partial charge on any atom is -0.291 e. The van der Waals surface area contributed by atoms with Gasteiger partial charge < -0.3 is 0 Å². The van der Waals surface area contributed by atoms with E-state index in [1.54, 1.807) is 0 Å². The Bertz CT molecular complexity index is 331. The monoisotopic (exact) mass is 217 g/mol. The number of hydrogen-bond donors (Lipinski definition) is 0. The quantitative estimate of drug-likeness (QED) is 0.744. The first-order valence-corrected chi connectivity index (χ1v) is 6.53. The van der Waals surface area contributed by atoms with Crippen molar-refractivity contribution in [1.29, 1.82) is 0 Å². The smallest absolute Gasteiger partial charge is 0.0461 e. The zero-order chi connectivity index (χ0) is 11.6. The molecule has 88 valence electrons. The fourth-order valence-electron chi connectivity index (χ4n) is 3.29. The fourth-order valence-corrected chi connectivity index (χ4v) is 3.29. The molecule has 0 spiro atoms. The van der Waals surface area contributed by atoms with Crippen LogP contribution in [0.3, 0.4) is 0 Å². The lowest BCUT2D eigenvalue weighted by molar-refractivity contribution is 0.0957. The summed E-state index contributed by atoms with van der Waals surface area (Å²) in [4.78, 5) is 2.68. The Morgan fingerprint density at radius 3 is 2.50 bits per heavy atom.